The van der Waals surface area contributed by atoms with Crippen molar-refractivity contribution in [1.82, 2.24) is 5.32 Å². The van der Waals surface area contributed by atoms with Gasteiger partial charge in [-0.25, -0.2) is 0 Å². The normalized spacial score (nSPS) is 14.4. The molecule has 0 saturated heterocycles. The predicted molar refractivity (Wildman–Crippen MR) is 214 cm³/mol. The molecule has 0 bridgehead atoms. The molecule has 1 amide bonds. The third-order valence-electron chi connectivity index (χ3n) is 10.1. The number of hydrogen-bond donors (Lipinski definition) is 5. The van der Waals surface area contributed by atoms with Crippen LogP contribution < -0.4 is 5.32 Å². The summed E-state index contributed by atoms with van der Waals surface area (Å²) in [6.07, 6.45) is 43.5. The van der Waals surface area contributed by atoms with Gasteiger partial charge in [0, 0.05) is 0 Å². The quantitative estimate of drug-likeness (QED) is 0.0323. The van der Waals surface area contributed by atoms with Crippen molar-refractivity contribution in [3.8, 4) is 0 Å². The Morgan fingerprint density at radius 2 is 0.820 bits per heavy atom. The Morgan fingerprint density at radius 1 is 0.480 bits per heavy atom. The fourth-order valence-electron chi connectivity index (χ4n) is 6.63. The van der Waals surface area contributed by atoms with Gasteiger partial charge in [-0.15, -0.1) is 0 Å². The van der Waals surface area contributed by atoms with Crippen molar-refractivity contribution < 1.29 is 25.2 Å². The molecule has 0 saturated carbocycles. The summed E-state index contributed by atoms with van der Waals surface area (Å²) in [5.74, 6) is -0.598. The first-order valence-electron chi connectivity index (χ1n) is 21.7. The number of rotatable bonds is 39. The van der Waals surface area contributed by atoms with E-state index in [1.54, 1.807) is 0 Å². The van der Waals surface area contributed by atoms with Gasteiger partial charge in [0.05, 0.1) is 18.8 Å². The molecule has 4 atom stereocenters. The fraction of sp³-hybridized carbons (Fsp3) is 0.886. The molecule has 5 N–H and O–H groups in total. The Balaban J connectivity index is 3.79. The Morgan fingerprint density at radius 3 is 1.20 bits per heavy atom. The lowest BCUT2D eigenvalue weighted by Gasteiger charge is -2.27. The zero-order chi connectivity index (χ0) is 36.8. The van der Waals surface area contributed by atoms with E-state index in [1.165, 1.54) is 148 Å². The summed E-state index contributed by atoms with van der Waals surface area (Å²) in [6.45, 7) is 4.03. The second kappa shape index (κ2) is 39.0. The molecular weight excluding hydrogens is 622 g/mol. The lowest BCUT2D eigenvalue weighted by atomic mass is 10.00. The van der Waals surface area contributed by atoms with Crippen LogP contribution in [0.5, 0.6) is 0 Å². The number of amides is 1. The van der Waals surface area contributed by atoms with Crippen molar-refractivity contribution in [1.29, 1.82) is 0 Å². The van der Waals surface area contributed by atoms with Gasteiger partial charge in [0.15, 0.2) is 0 Å². The molecule has 0 aliphatic carbocycles. The molecule has 4 unspecified atom stereocenters. The monoisotopic (exact) mass is 708 g/mol. The van der Waals surface area contributed by atoms with Crippen molar-refractivity contribution in [2.24, 2.45) is 0 Å². The van der Waals surface area contributed by atoms with Gasteiger partial charge in [0.1, 0.15) is 12.2 Å². The molecule has 0 aromatic carbocycles. The molecule has 0 rings (SSSR count). The summed E-state index contributed by atoms with van der Waals surface area (Å²) in [5.41, 5.74) is 0. The molecule has 6 heteroatoms. The molecule has 0 aliphatic heterocycles. The van der Waals surface area contributed by atoms with Crippen LogP contribution in [0.1, 0.15) is 219 Å². The molecule has 6 nitrogen and oxygen atoms in total. The standard InChI is InChI=1S/C44H85NO5/c1-3-5-7-9-11-13-15-17-19-21-22-24-25-27-29-31-33-35-37-41(47)43(49)40(39-46)45-44(50)42(48)38-36-34-32-30-28-26-23-20-18-16-14-12-10-8-6-4-2/h18,20,29,31,40-43,46-49H,3-17,19,21-28,30,32-39H2,1-2H3,(H,45,50)/b20-18-,31-29+. The third kappa shape index (κ3) is 32.7. The molecule has 0 aliphatic rings. The number of nitrogens with one attached hydrogen (secondary N) is 1. The van der Waals surface area contributed by atoms with Crippen LogP contribution in [-0.4, -0.2) is 57.3 Å². The SMILES string of the molecule is CCCCCCCC/C=C\CCCCCCCCC(O)C(=O)NC(CO)C(O)C(O)CCC/C=C/CCCCCCCCCCCCCCC. The molecule has 0 heterocycles. The van der Waals surface area contributed by atoms with Crippen LogP contribution in [0.2, 0.25) is 0 Å². The van der Waals surface area contributed by atoms with Crippen LogP contribution in [0.15, 0.2) is 24.3 Å². The van der Waals surface area contributed by atoms with E-state index in [2.05, 4.69) is 43.5 Å². The van der Waals surface area contributed by atoms with E-state index < -0.39 is 36.9 Å². The molecule has 0 radical (unpaired) electrons. The molecule has 296 valence electrons. The van der Waals surface area contributed by atoms with Crippen molar-refractivity contribution in [2.75, 3.05) is 6.61 Å². The smallest absolute Gasteiger partial charge is 0.249 e. The average molecular weight is 708 g/mol. The van der Waals surface area contributed by atoms with E-state index in [-0.39, 0.29) is 0 Å². The summed E-state index contributed by atoms with van der Waals surface area (Å²) >= 11 is 0. The molecule has 0 fully saturated rings. The van der Waals surface area contributed by atoms with Gasteiger partial charge >= 0.3 is 0 Å². The zero-order valence-corrected chi connectivity index (χ0v) is 33.2. The largest absolute Gasteiger partial charge is 0.394 e. The average Bonchev–Trinajstić information content (AvgIpc) is 3.12. The highest BCUT2D eigenvalue weighted by atomic mass is 16.3. The van der Waals surface area contributed by atoms with Gasteiger partial charge in [0.2, 0.25) is 5.91 Å². The van der Waals surface area contributed by atoms with E-state index in [0.717, 1.165) is 44.9 Å². The van der Waals surface area contributed by atoms with Crippen LogP contribution in [0.3, 0.4) is 0 Å². The Hall–Kier alpha value is -1.21. The summed E-state index contributed by atoms with van der Waals surface area (Å²) in [7, 11) is 0. The first-order chi connectivity index (χ1) is 24.5. The second-order valence-corrected chi connectivity index (χ2v) is 15.0. The van der Waals surface area contributed by atoms with Gasteiger partial charge in [-0.2, -0.15) is 0 Å². The highest BCUT2D eigenvalue weighted by Gasteiger charge is 2.28. The number of hydrogen-bond acceptors (Lipinski definition) is 5. The van der Waals surface area contributed by atoms with Crippen LogP contribution in [0.4, 0.5) is 0 Å². The van der Waals surface area contributed by atoms with Crippen LogP contribution >= 0.6 is 0 Å². The molecular formula is C44H85NO5. The molecule has 0 aromatic heterocycles. The maximum atomic E-state index is 12.5. The zero-order valence-electron chi connectivity index (χ0n) is 33.2. The van der Waals surface area contributed by atoms with Gasteiger partial charge < -0.3 is 25.7 Å². The number of carbonyl (C=O) groups excluding carboxylic acids is 1. The molecule has 0 aromatic rings. The highest BCUT2D eigenvalue weighted by molar-refractivity contribution is 5.80. The minimum Gasteiger partial charge on any atom is -0.394 e. The summed E-state index contributed by atoms with van der Waals surface area (Å²) in [5, 5.41) is 43.6. The highest BCUT2D eigenvalue weighted by Crippen LogP contribution is 2.15. The Bertz CT molecular complexity index is 757. The van der Waals surface area contributed by atoms with Gasteiger partial charge in [-0.05, 0) is 64.2 Å². The number of aliphatic hydroxyl groups excluding tert-OH is 4. The van der Waals surface area contributed by atoms with E-state index >= 15 is 0 Å². The van der Waals surface area contributed by atoms with Crippen LogP contribution in [0.25, 0.3) is 0 Å². The fourth-order valence-corrected chi connectivity index (χ4v) is 6.63. The number of allylic oxidation sites excluding steroid dienone is 4. The van der Waals surface area contributed by atoms with Crippen LogP contribution in [0, 0.1) is 0 Å². The van der Waals surface area contributed by atoms with Gasteiger partial charge in [-0.3, -0.25) is 4.79 Å². The van der Waals surface area contributed by atoms with Crippen molar-refractivity contribution in [3.63, 3.8) is 0 Å². The van der Waals surface area contributed by atoms with E-state index in [1.807, 2.05) is 0 Å². The van der Waals surface area contributed by atoms with E-state index in [9.17, 15) is 25.2 Å². The van der Waals surface area contributed by atoms with Gasteiger partial charge in [0.25, 0.3) is 0 Å². The molecule has 0 spiro atoms. The minimum atomic E-state index is -1.28. The van der Waals surface area contributed by atoms with Gasteiger partial charge in [-0.1, -0.05) is 179 Å². The first kappa shape index (κ1) is 48.8. The van der Waals surface area contributed by atoms with Crippen molar-refractivity contribution in [2.45, 2.75) is 244 Å². The first-order valence-corrected chi connectivity index (χ1v) is 21.7. The topological polar surface area (TPSA) is 110 Å². The van der Waals surface area contributed by atoms with Crippen molar-refractivity contribution >= 4 is 5.91 Å². The predicted octanol–water partition coefficient (Wildman–Crippen LogP) is 11.2. The summed E-state index contributed by atoms with van der Waals surface area (Å²) in [6, 6.07) is -1.00. The summed E-state index contributed by atoms with van der Waals surface area (Å²) < 4.78 is 0. The maximum absolute atomic E-state index is 12.5. The Kier molecular flexibility index (Phi) is 38.1. The minimum absolute atomic E-state index is 0.357. The van der Waals surface area contributed by atoms with Crippen molar-refractivity contribution in [3.05, 3.63) is 24.3 Å². The maximum Gasteiger partial charge on any atom is 0.249 e. The number of carbonyl (C=O) groups is 1. The summed E-state index contributed by atoms with van der Waals surface area (Å²) in [4.78, 5) is 12.5. The van der Waals surface area contributed by atoms with E-state index in [0.29, 0.717) is 12.8 Å². The second-order valence-electron chi connectivity index (χ2n) is 15.0. The number of aliphatic hydroxyl groups is 4. The third-order valence-corrected chi connectivity index (χ3v) is 10.1. The Labute approximate surface area is 310 Å². The lowest BCUT2D eigenvalue weighted by molar-refractivity contribution is -0.132. The molecule has 50 heavy (non-hydrogen) atoms. The number of unbranched alkanes of at least 4 members (excludes halogenated alkanes) is 26. The van der Waals surface area contributed by atoms with E-state index in [4.69, 9.17) is 0 Å². The lowest BCUT2D eigenvalue weighted by Crippen LogP contribution is -2.53. The van der Waals surface area contributed by atoms with Crippen LogP contribution in [-0.2, 0) is 4.79 Å².